The van der Waals surface area contributed by atoms with E-state index in [-0.39, 0.29) is 12.1 Å². The van der Waals surface area contributed by atoms with E-state index in [1.54, 1.807) is 0 Å². The molecule has 0 aromatic rings. The lowest BCUT2D eigenvalue weighted by Gasteiger charge is -2.27. The Bertz CT molecular complexity index is 191. The summed E-state index contributed by atoms with van der Waals surface area (Å²) in [5.41, 5.74) is 0. The van der Waals surface area contributed by atoms with Gasteiger partial charge in [-0.2, -0.15) is 0 Å². The van der Waals surface area contributed by atoms with E-state index in [1.807, 2.05) is 18.7 Å². The third kappa shape index (κ3) is 4.51. The molecule has 1 rings (SSSR count). The average Bonchev–Trinajstić information content (AvgIpc) is 2.27. The summed E-state index contributed by atoms with van der Waals surface area (Å²) >= 11 is 0. The summed E-state index contributed by atoms with van der Waals surface area (Å²) in [5.74, 6) is 0. The molecule has 0 saturated carbocycles. The molecule has 1 atom stereocenters. The van der Waals surface area contributed by atoms with Crippen LogP contribution in [0.5, 0.6) is 0 Å². The molecule has 0 aromatic carbocycles. The maximum Gasteiger partial charge on any atom is 0.317 e. The van der Waals surface area contributed by atoms with Gasteiger partial charge in [-0.3, -0.25) is 0 Å². The number of amides is 2. The van der Waals surface area contributed by atoms with Gasteiger partial charge in [-0.1, -0.05) is 0 Å². The van der Waals surface area contributed by atoms with Gasteiger partial charge < -0.3 is 15.0 Å². The fourth-order valence-corrected chi connectivity index (χ4v) is 1.78. The summed E-state index contributed by atoms with van der Waals surface area (Å²) in [6.07, 6.45) is 3.62. The highest BCUT2D eigenvalue weighted by Gasteiger charge is 2.16. The summed E-state index contributed by atoms with van der Waals surface area (Å²) in [4.78, 5) is 13.6. The molecule has 1 N–H and O–H groups in total. The van der Waals surface area contributed by atoms with Crippen LogP contribution in [0.15, 0.2) is 0 Å². The minimum absolute atomic E-state index is 0.0567. The molecule has 4 heteroatoms. The van der Waals surface area contributed by atoms with Crippen LogP contribution in [0.3, 0.4) is 0 Å². The first-order valence-corrected chi connectivity index (χ1v) is 5.88. The van der Waals surface area contributed by atoms with Crippen molar-refractivity contribution in [2.75, 3.05) is 26.2 Å². The van der Waals surface area contributed by atoms with E-state index in [1.165, 1.54) is 6.42 Å². The fraction of sp³-hybridized carbons (Fsp3) is 0.909. The Labute approximate surface area is 92.0 Å². The van der Waals surface area contributed by atoms with Crippen LogP contribution in [0, 0.1) is 0 Å². The van der Waals surface area contributed by atoms with Gasteiger partial charge in [0.05, 0.1) is 6.10 Å². The second kappa shape index (κ2) is 6.67. The highest BCUT2D eigenvalue weighted by atomic mass is 16.5. The second-order valence-electron chi connectivity index (χ2n) is 4.00. The highest BCUT2D eigenvalue weighted by molar-refractivity contribution is 5.74. The zero-order valence-corrected chi connectivity index (χ0v) is 9.79. The number of carbonyl (C=O) groups excluding carboxylic acids is 1. The van der Waals surface area contributed by atoms with Crippen LogP contribution in [0.25, 0.3) is 0 Å². The van der Waals surface area contributed by atoms with Gasteiger partial charge in [-0.25, -0.2) is 4.79 Å². The summed E-state index contributed by atoms with van der Waals surface area (Å²) in [6.45, 7) is 7.02. The molecule has 0 aromatic heterocycles. The van der Waals surface area contributed by atoms with E-state index in [2.05, 4.69) is 5.32 Å². The number of carbonyl (C=O) groups is 1. The molecule has 1 heterocycles. The number of likely N-dealkylation sites (tertiary alicyclic amines) is 1. The summed E-state index contributed by atoms with van der Waals surface area (Å²) in [7, 11) is 0. The van der Waals surface area contributed by atoms with Crippen molar-refractivity contribution in [2.45, 2.75) is 39.2 Å². The average molecular weight is 214 g/mol. The zero-order valence-electron chi connectivity index (χ0n) is 9.79. The topological polar surface area (TPSA) is 41.6 Å². The van der Waals surface area contributed by atoms with Crippen LogP contribution in [-0.4, -0.2) is 43.3 Å². The number of piperidine rings is 1. The van der Waals surface area contributed by atoms with Crippen LogP contribution in [0.1, 0.15) is 33.1 Å². The standard InChI is InChI=1S/C11H22N2O2/c1-3-15-10(2)9-12-11(14)13-7-5-4-6-8-13/h10H,3-9H2,1-2H3,(H,12,14). The van der Waals surface area contributed by atoms with E-state index in [4.69, 9.17) is 4.74 Å². The van der Waals surface area contributed by atoms with Crippen molar-refractivity contribution in [3.05, 3.63) is 0 Å². The van der Waals surface area contributed by atoms with Crippen LogP contribution in [0.2, 0.25) is 0 Å². The number of urea groups is 1. The summed E-state index contributed by atoms with van der Waals surface area (Å²) < 4.78 is 5.35. The predicted octanol–water partition coefficient (Wildman–Crippen LogP) is 1.61. The van der Waals surface area contributed by atoms with Crippen molar-refractivity contribution in [1.29, 1.82) is 0 Å². The van der Waals surface area contributed by atoms with E-state index >= 15 is 0 Å². The maximum atomic E-state index is 11.7. The molecule has 0 spiro atoms. The molecule has 1 aliphatic heterocycles. The molecule has 15 heavy (non-hydrogen) atoms. The number of hydrogen-bond donors (Lipinski definition) is 1. The SMILES string of the molecule is CCOC(C)CNC(=O)N1CCCCC1. The minimum atomic E-state index is 0.0567. The molecule has 1 aliphatic rings. The lowest BCUT2D eigenvalue weighted by atomic mass is 10.1. The van der Waals surface area contributed by atoms with Crippen molar-refractivity contribution in [1.82, 2.24) is 10.2 Å². The Morgan fingerprint density at radius 1 is 1.40 bits per heavy atom. The molecule has 0 bridgehead atoms. The lowest BCUT2D eigenvalue weighted by molar-refractivity contribution is 0.0758. The minimum Gasteiger partial charge on any atom is -0.377 e. The Balaban J connectivity index is 2.16. The van der Waals surface area contributed by atoms with Crippen molar-refractivity contribution in [3.63, 3.8) is 0 Å². The molecule has 88 valence electrons. The van der Waals surface area contributed by atoms with Crippen molar-refractivity contribution < 1.29 is 9.53 Å². The van der Waals surface area contributed by atoms with Gasteiger partial charge in [-0.05, 0) is 33.1 Å². The number of hydrogen-bond acceptors (Lipinski definition) is 2. The van der Waals surface area contributed by atoms with Crippen molar-refractivity contribution in [3.8, 4) is 0 Å². The second-order valence-corrected chi connectivity index (χ2v) is 4.00. The zero-order chi connectivity index (χ0) is 11.1. The summed E-state index contributed by atoms with van der Waals surface area (Å²) in [6, 6.07) is 0.0567. The number of ether oxygens (including phenoxy) is 1. The monoisotopic (exact) mass is 214 g/mol. The molecule has 0 radical (unpaired) electrons. The largest absolute Gasteiger partial charge is 0.377 e. The molecule has 1 fully saturated rings. The van der Waals surface area contributed by atoms with Gasteiger partial charge in [0.2, 0.25) is 0 Å². The van der Waals surface area contributed by atoms with Gasteiger partial charge in [0.1, 0.15) is 0 Å². The lowest BCUT2D eigenvalue weighted by Crippen LogP contribution is -2.45. The molecule has 0 aliphatic carbocycles. The van der Waals surface area contributed by atoms with Crippen LogP contribution in [-0.2, 0) is 4.74 Å². The molecular formula is C11H22N2O2. The highest BCUT2D eigenvalue weighted by Crippen LogP contribution is 2.08. The van der Waals surface area contributed by atoms with Crippen LogP contribution >= 0.6 is 0 Å². The van der Waals surface area contributed by atoms with Crippen molar-refractivity contribution >= 4 is 6.03 Å². The summed E-state index contributed by atoms with van der Waals surface area (Å²) in [5, 5.41) is 2.90. The normalized spacial score (nSPS) is 18.7. The van der Waals surface area contributed by atoms with E-state index in [9.17, 15) is 4.79 Å². The predicted molar refractivity (Wildman–Crippen MR) is 59.9 cm³/mol. The third-order valence-corrected chi connectivity index (χ3v) is 2.64. The number of rotatable bonds is 4. The Hall–Kier alpha value is -0.770. The number of nitrogens with zero attached hydrogens (tertiary/aromatic N) is 1. The van der Waals surface area contributed by atoms with Crippen LogP contribution < -0.4 is 5.32 Å². The first kappa shape index (κ1) is 12.3. The van der Waals surface area contributed by atoms with Gasteiger partial charge in [0, 0.05) is 26.2 Å². The molecule has 4 nitrogen and oxygen atoms in total. The van der Waals surface area contributed by atoms with E-state index in [0.29, 0.717) is 13.2 Å². The molecule has 2 amide bonds. The Morgan fingerprint density at radius 2 is 2.07 bits per heavy atom. The van der Waals surface area contributed by atoms with Crippen molar-refractivity contribution in [2.24, 2.45) is 0 Å². The van der Waals surface area contributed by atoms with Gasteiger partial charge in [0.15, 0.2) is 0 Å². The maximum absolute atomic E-state index is 11.7. The van der Waals surface area contributed by atoms with E-state index < -0.39 is 0 Å². The molecular weight excluding hydrogens is 192 g/mol. The van der Waals surface area contributed by atoms with Gasteiger partial charge in [0.25, 0.3) is 0 Å². The van der Waals surface area contributed by atoms with E-state index in [0.717, 1.165) is 25.9 Å². The first-order valence-electron chi connectivity index (χ1n) is 5.88. The Morgan fingerprint density at radius 3 is 2.67 bits per heavy atom. The van der Waals surface area contributed by atoms with Gasteiger partial charge in [-0.15, -0.1) is 0 Å². The third-order valence-electron chi connectivity index (χ3n) is 2.64. The quantitative estimate of drug-likeness (QED) is 0.772. The first-order chi connectivity index (χ1) is 7.24. The Kier molecular flexibility index (Phi) is 5.47. The van der Waals surface area contributed by atoms with Gasteiger partial charge >= 0.3 is 6.03 Å². The number of nitrogens with one attached hydrogen (secondary N) is 1. The fourth-order valence-electron chi connectivity index (χ4n) is 1.78. The van der Waals surface area contributed by atoms with Crippen LogP contribution in [0.4, 0.5) is 4.79 Å². The molecule has 1 unspecified atom stereocenters. The smallest absolute Gasteiger partial charge is 0.317 e. The molecule has 1 saturated heterocycles.